The second-order valence-corrected chi connectivity index (χ2v) is 10.3. The van der Waals surface area contributed by atoms with E-state index in [1.54, 1.807) is 42.5 Å². The predicted octanol–water partition coefficient (Wildman–Crippen LogP) is 6.35. The number of ether oxygens (including phenoxy) is 1. The third-order valence-electron chi connectivity index (χ3n) is 6.36. The number of alkyl halides is 3. The van der Waals surface area contributed by atoms with Crippen LogP contribution >= 0.6 is 23.4 Å². The molecule has 1 fully saturated rings. The first-order valence-electron chi connectivity index (χ1n) is 11.3. The third kappa shape index (κ3) is 4.48. The van der Waals surface area contributed by atoms with Gasteiger partial charge in [0.05, 0.1) is 24.9 Å². The van der Waals surface area contributed by atoms with Gasteiger partial charge >= 0.3 is 12.2 Å². The molecule has 0 aromatic heterocycles. The number of fused-ring (bicyclic) bond motifs is 2. The first kappa shape index (κ1) is 25.3. The van der Waals surface area contributed by atoms with Gasteiger partial charge in [-0.05, 0) is 60.2 Å². The van der Waals surface area contributed by atoms with Gasteiger partial charge in [-0.3, -0.25) is 9.69 Å². The van der Waals surface area contributed by atoms with Gasteiger partial charge in [0.2, 0.25) is 0 Å². The normalized spacial score (nSPS) is 18.9. The molecule has 1 saturated heterocycles. The summed E-state index contributed by atoms with van der Waals surface area (Å²) in [7, 11) is 1.51. The predicted molar refractivity (Wildman–Crippen MR) is 137 cm³/mol. The van der Waals surface area contributed by atoms with Crippen molar-refractivity contribution in [1.29, 1.82) is 0 Å². The number of thioether (sulfide) groups is 1. The minimum absolute atomic E-state index is 0.0469. The maximum Gasteiger partial charge on any atom is 0.416 e. The summed E-state index contributed by atoms with van der Waals surface area (Å²) in [5, 5.41) is 3.36. The van der Waals surface area contributed by atoms with Crippen molar-refractivity contribution in [3.63, 3.8) is 0 Å². The lowest BCUT2D eigenvalue weighted by Crippen LogP contribution is -2.51. The fourth-order valence-electron chi connectivity index (χ4n) is 4.58. The van der Waals surface area contributed by atoms with Crippen molar-refractivity contribution in [2.75, 3.05) is 29.6 Å². The molecule has 5 rings (SSSR count). The van der Waals surface area contributed by atoms with Gasteiger partial charge in [-0.25, -0.2) is 4.79 Å². The number of urea groups is 1. The smallest absolute Gasteiger partial charge is 0.416 e. The summed E-state index contributed by atoms with van der Waals surface area (Å²) >= 11 is 7.29. The Bertz CT molecular complexity index is 1350. The van der Waals surface area contributed by atoms with Gasteiger partial charge in [0.1, 0.15) is 5.75 Å². The van der Waals surface area contributed by atoms with E-state index in [0.29, 0.717) is 45.6 Å². The largest absolute Gasteiger partial charge is 0.497 e. The van der Waals surface area contributed by atoms with Gasteiger partial charge in [0.25, 0.3) is 5.91 Å². The van der Waals surface area contributed by atoms with Crippen LogP contribution in [0.4, 0.5) is 29.3 Å². The maximum atomic E-state index is 14.1. The number of rotatable bonds is 4. The van der Waals surface area contributed by atoms with Crippen LogP contribution in [0.25, 0.3) is 0 Å². The van der Waals surface area contributed by atoms with Crippen molar-refractivity contribution in [3.8, 4) is 5.75 Å². The van der Waals surface area contributed by atoms with E-state index in [0.717, 1.165) is 12.1 Å². The average molecular weight is 548 g/mol. The molecule has 3 amide bonds. The molecule has 11 heteroatoms. The third-order valence-corrected chi connectivity index (χ3v) is 8.03. The summed E-state index contributed by atoms with van der Waals surface area (Å²) in [6.45, 7) is 0.367. The zero-order valence-electron chi connectivity index (χ0n) is 19.5. The van der Waals surface area contributed by atoms with Crippen molar-refractivity contribution >= 4 is 46.7 Å². The standard InChI is InChI=1S/C26H21ClF3N3O3S/c1-36-20-10-11-22-21(14-20)25(23(34)32(22)15-16-2-4-17(5-3-16)26(28,29)30)33(12-13-37-25)24(35)31-19-8-6-18(27)7-9-19/h2-11,14H,12-13,15H2,1H3,(H,31,35). The molecular weight excluding hydrogens is 527 g/mol. The number of carbonyl (C=O) groups is 2. The minimum Gasteiger partial charge on any atom is -0.497 e. The van der Waals surface area contributed by atoms with Crippen LogP contribution in [0.1, 0.15) is 16.7 Å². The van der Waals surface area contributed by atoms with Crippen LogP contribution in [0.5, 0.6) is 5.75 Å². The molecule has 0 saturated carbocycles. The van der Waals surface area contributed by atoms with Gasteiger partial charge in [-0.2, -0.15) is 13.2 Å². The fraction of sp³-hybridized carbons (Fsp3) is 0.231. The van der Waals surface area contributed by atoms with Crippen LogP contribution < -0.4 is 15.0 Å². The minimum atomic E-state index is -4.45. The molecule has 0 aliphatic carbocycles. The van der Waals surface area contributed by atoms with Gasteiger partial charge in [-0.15, -0.1) is 11.8 Å². The number of benzene rings is 3. The van der Waals surface area contributed by atoms with Crippen LogP contribution in [0.3, 0.4) is 0 Å². The number of anilines is 2. The van der Waals surface area contributed by atoms with Gasteiger partial charge < -0.3 is 15.0 Å². The van der Waals surface area contributed by atoms with Crippen molar-refractivity contribution in [1.82, 2.24) is 4.90 Å². The topological polar surface area (TPSA) is 61.9 Å². The molecule has 2 aliphatic rings. The average Bonchev–Trinajstić information content (AvgIpc) is 3.42. The lowest BCUT2D eigenvalue weighted by atomic mass is 10.1. The van der Waals surface area contributed by atoms with Crippen LogP contribution in [0, 0.1) is 0 Å². The Morgan fingerprint density at radius 2 is 1.81 bits per heavy atom. The summed E-state index contributed by atoms with van der Waals surface area (Å²) < 4.78 is 44.5. The number of nitrogens with one attached hydrogen (secondary N) is 1. The summed E-state index contributed by atoms with van der Waals surface area (Å²) in [6, 6.07) is 16.1. The highest BCUT2D eigenvalue weighted by molar-refractivity contribution is 8.01. The molecule has 6 nitrogen and oxygen atoms in total. The highest BCUT2D eigenvalue weighted by Gasteiger charge is 2.59. The molecule has 3 aromatic carbocycles. The van der Waals surface area contributed by atoms with Crippen LogP contribution in [-0.4, -0.2) is 36.2 Å². The van der Waals surface area contributed by atoms with E-state index in [1.807, 2.05) is 0 Å². The molecule has 2 aliphatic heterocycles. The summed E-state index contributed by atoms with van der Waals surface area (Å²) in [4.78, 5) is 29.2. The van der Waals surface area contributed by atoms with E-state index < -0.39 is 22.6 Å². The Morgan fingerprint density at radius 1 is 1.11 bits per heavy atom. The second-order valence-electron chi connectivity index (χ2n) is 8.55. The van der Waals surface area contributed by atoms with E-state index >= 15 is 0 Å². The molecule has 3 aromatic rings. The Hall–Kier alpha value is -3.37. The summed E-state index contributed by atoms with van der Waals surface area (Å²) in [5.41, 5.74) is 1.46. The summed E-state index contributed by atoms with van der Waals surface area (Å²) in [5.74, 6) is 0.696. The van der Waals surface area contributed by atoms with E-state index in [1.165, 1.54) is 40.8 Å². The fourth-order valence-corrected chi connectivity index (χ4v) is 6.16. The summed E-state index contributed by atoms with van der Waals surface area (Å²) in [6.07, 6.45) is -4.45. The van der Waals surface area contributed by atoms with Gasteiger partial charge in [-0.1, -0.05) is 23.7 Å². The Kier molecular flexibility index (Phi) is 6.49. The molecule has 0 radical (unpaired) electrons. The van der Waals surface area contributed by atoms with Gasteiger partial charge in [0, 0.05) is 28.6 Å². The maximum absolute atomic E-state index is 14.1. The van der Waals surface area contributed by atoms with Crippen molar-refractivity contribution in [2.24, 2.45) is 0 Å². The number of hydrogen-bond acceptors (Lipinski definition) is 4. The number of nitrogens with zero attached hydrogens (tertiary/aromatic N) is 2. The van der Waals surface area contributed by atoms with E-state index in [9.17, 15) is 22.8 Å². The van der Waals surface area contributed by atoms with E-state index in [-0.39, 0.29) is 12.5 Å². The first-order valence-corrected chi connectivity index (χ1v) is 12.6. The van der Waals surface area contributed by atoms with Crippen LogP contribution in [0.15, 0.2) is 66.7 Å². The molecular formula is C26H21ClF3N3O3S. The number of halogens is 4. The van der Waals surface area contributed by atoms with Gasteiger partial charge in [0.15, 0.2) is 4.87 Å². The van der Waals surface area contributed by atoms with E-state index in [4.69, 9.17) is 16.3 Å². The lowest BCUT2D eigenvalue weighted by molar-refractivity contribution is -0.137. The number of methoxy groups -OCH3 is 1. The highest BCUT2D eigenvalue weighted by Crippen LogP contribution is 2.55. The molecule has 37 heavy (non-hydrogen) atoms. The van der Waals surface area contributed by atoms with E-state index in [2.05, 4.69) is 5.32 Å². The molecule has 1 unspecified atom stereocenters. The second kappa shape index (κ2) is 9.50. The van der Waals surface area contributed by atoms with Crippen molar-refractivity contribution in [3.05, 3.63) is 88.4 Å². The Balaban J connectivity index is 1.50. The number of carbonyl (C=O) groups excluding carboxylic acids is 2. The lowest BCUT2D eigenvalue weighted by Gasteiger charge is -2.33. The molecule has 1 atom stereocenters. The zero-order chi connectivity index (χ0) is 26.4. The molecule has 1 N–H and O–H groups in total. The monoisotopic (exact) mass is 547 g/mol. The molecule has 0 bridgehead atoms. The van der Waals surface area contributed by atoms with Crippen LogP contribution in [0.2, 0.25) is 5.02 Å². The van der Waals surface area contributed by atoms with Crippen LogP contribution in [-0.2, 0) is 22.4 Å². The van der Waals surface area contributed by atoms with Crippen molar-refractivity contribution in [2.45, 2.75) is 17.6 Å². The SMILES string of the molecule is COc1ccc2c(c1)C1(SCCN1C(=O)Nc1ccc(Cl)cc1)C(=O)N2Cc1ccc(C(F)(F)F)cc1. The highest BCUT2D eigenvalue weighted by atomic mass is 35.5. The first-order chi connectivity index (χ1) is 17.6. The quantitative estimate of drug-likeness (QED) is 0.413. The zero-order valence-corrected chi connectivity index (χ0v) is 21.1. The molecule has 2 heterocycles. The Morgan fingerprint density at radius 3 is 2.46 bits per heavy atom. The molecule has 1 spiro atoms. The van der Waals surface area contributed by atoms with Crippen molar-refractivity contribution < 1.29 is 27.5 Å². The Labute approximate surface area is 220 Å². The number of amides is 3. The number of hydrogen-bond donors (Lipinski definition) is 1. The molecule has 192 valence electrons.